The Morgan fingerprint density at radius 2 is 2.27 bits per heavy atom. The molecule has 0 aromatic heterocycles. The smallest absolute Gasteiger partial charge is 0.262 e. The summed E-state index contributed by atoms with van der Waals surface area (Å²) in [6.07, 6.45) is 3.44. The molecule has 0 unspecified atom stereocenters. The van der Waals surface area contributed by atoms with E-state index < -0.39 is 0 Å². The van der Waals surface area contributed by atoms with E-state index >= 15 is 0 Å². The molecule has 4 N–H and O–H groups in total. The maximum absolute atomic E-state index is 12.2. The van der Waals surface area contributed by atoms with E-state index in [1.54, 1.807) is 12.1 Å². The van der Waals surface area contributed by atoms with Gasteiger partial charge < -0.3 is 21.1 Å². The predicted octanol–water partition coefficient (Wildman–Crippen LogP) is 2.13. The van der Waals surface area contributed by atoms with Gasteiger partial charge in [-0.2, -0.15) is 0 Å². The molecule has 0 saturated heterocycles. The van der Waals surface area contributed by atoms with Crippen molar-refractivity contribution in [3.8, 4) is 5.75 Å². The van der Waals surface area contributed by atoms with Crippen LogP contribution in [-0.2, 0) is 9.59 Å². The van der Waals surface area contributed by atoms with Gasteiger partial charge in [0.2, 0.25) is 5.91 Å². The topological polar surface area (TPSA) is 93.5 Å². The number of hydrogen-bond donors (Lipinski definition) is 3. The van der Waals surface area contributed by atoms with Crippen molar-refractivity contribution in [3.05, 3.63) is 17.2 Å². The van der Waals surface area contributed by atoms with Gasteiger partial charge in [-0.05, 0) is 24.8 Å². The number of hydrogen-bond acceptors (Lipinski definition) is 4. The number of nitrogens with one attached hydrogen (secondary N) is 2. The number of carbonyl (C=O) groups excluding carboxylic acids is 2. The molecule has 1 aromatic rings. The summed E-state index contributed by atoms with van der Waals surface area (Å²) in [7, 11) is 0. The van der Waals surface area contributed by atoms with E-state index in [1.807, 2.05) is 0 Å². The normalized spacial score (nSPS) is 23.5. The zero-order valence-corrected chi connectivity index (χ0v) is 12.8. The molecule has 1 heterocycles. The lowest BCUT2D eigenvalue weighted by atomic mass is 10.00. The molecule has 6 nitrogen and oxygen atoms in total. The molecule has 1 saturated carbocycles. The molecule has 7 heteroatoms. The van der Waals surface area contributed by atoms with Crippen LogP contribution in [0.1, 0.15) is 25.7 Å². The summed E-state index contributed by atoms with van der Waals surface area (Å²) in [4.78, 5) is 23.4. The second-order valence-electron chi connectivity index (χ2n) is 5.77. The number of halogens is 1. The van der Waals surface area contributed by atoms with Crippen LogP contribution in [0.2, 0.25) is 5.02 Å². The van der Waals surface area contributed by atoms with Crippen LogP contribution >= 0.6 is 11.6 Å². The molecule has 0 spiro atoms. The van der Waals surface area contributed by atoms with Crippen LogP contribution in [0.15, 0.2) is 12.1 Å². The van der Waals surface area contributed by atoms with Crippen molar-refractivity contribution in [2.45, 2.75) is 31.7 Å². The Labute approximate surface area is 133 Å². The fraction of sp³-hybridized carbons (Fsp3) is 0.467. The van der Waals surface area contributed by atoms with Crippen molar-refractivity contribution in [1.29, 1.82) is 0 Å². The molecule has 1 fully saturated rings. The van der Waals surface area contributed by atoms with Crippen molar-refractivity contribution >= 4 is 34.8 Å². The van der Waals surface area contributed by atoms with Crippen LogP contribution in [0.4, 0.5) is 11.4 Å². The Bertz CT molecular complexity index is 620. The molecular formula is C15H18ClN3O3. The Balaban J connectivity index is 1.69. The molecule has 0 radical (unpaired) electrons. The lowest BCUT2D eigenvalue weighted by Crippen LogP contribution is -2.28. The van der Waals surface area contributed by atoms with E-state index in [0.717, 1.165) is 19.3 Å². The van der Waals surface area contributed by atoms with Crippen LogP contribution in [0.3, 0.4) is 0 Å². The summed E-state index contributed by atoms with van der Waals surface area (Å²) in [5.74, 6) is 0.392. The largest absolute Gasteiger partial charge is 0.482 e. The predicted molar refractivity (Wildman–Crippen MR) is 84.1 cm³/mol. The van der Waals surface area contributed by atoms with Crippen LogP contribution < -0.4 is 21.1 Å². The molecule has 22 heavy (non-hydrogen) atoms. The molecule has 118 valence electrons. The van der Waals surface area contributed by atoms with Crippen molar-refractivity contribution < 1.29 is 14.3 Å². The second-order valence-corrected chi connectivity index (χ2v) is 6.18. The Kier molecular flexibility index (Phi) is 4.22. The van der Waals surface area contributed by atoms with Gasteiger partial charge in [0, 0.05) is 18.5 Å². The number of amides is 2. The first-order valence-corrected chi connectivity index (χ1v) is 7.72. The van der Waals surface area contributed by atoms with Gasteiger partial charge in [-0.15, -0.1) is 0 Å². The van der Waals surface area contributed by atoms with E-state index in [1.165, 1.54) is 0 Å². The van der Waals surface area contributed by atoms with Gasteiger partial charge in [0.15, 0.2) is 6.61 Å². The van der Waals surface area contributed by atoms with Crippen LogP contribution in [-0.4, -0.2) is 24.5 Å². The number of benzene rings is 1. The molecule has 2 atom stereocenters. The number of anilines is 2. The number of ether oxygens (including phenoxy) is 1. The van der Waals surface area contributed by atoms with E-state index in [-0.39, 0.29) is 30.4 Å². The molecule has 2 aliphatic rings. The van der Waals surface area contributed by atoms with E-state index in [9.17, 15) is 9.59 Å². The van der Waals surface area contributed by atoms with Crippen molar-refractivity contribution in [3.63, 3.8) is 0 Å². The summed E-state index contributed by atoms with van der Waals surface area (Å²) in [5, 5.41) is 5.82. The minimum absolute atomic E-state index is 0.0427. The Morgan fingerprint density at radius 1 is 1.45 bits per heavy atom. The highest BCUT2D eigenvalue weighted by molar-refractivity contribution is 6.34. The van der Waals surface area contributed by atoms with Crippen molar-refractivity contribution in [2.75, 3.05) is 17.2 Å². The monoisotopic (exact) mass is 323 g/mol. The molecule has 1 aliphatic carbocycles. The van der Waals surface area contributed by atoms with Gasteiger partial charge in [0.25, 0.3) is 5.91 Å². The molecule has 1 aliphatic heterocycles. The van der Waals surface area contributed by atoms with E-state index in [2.05, 4.69) is 10.6 Å². The highest BCUT2D eigenvalue weighted by Gasteiger charge is 2.26. The van der Waals surface area contributed by atoms with Gasteiger partial charge in [-0.3, -0.25) is 9.59 Å². The molecule has 1 aromatic carbocycles. The summed E-state index contributed by atoms with van der Waals surface area (Å²) in [5.41, 5.74) is 6.98. The maximum Gasteiger partial charge on any atom is 0.262 e. The van der Waals surface area contributed by atoms with Crippen molar-refractivity contribution in [1.82, 2.24) is 0 Å². The number of rotatable bonds is 3. The summed E-state index contributed by atoms with van der Waals surface area (Å²) in [6.45, 7) is -0.0427. The standard InChI is InChI=1S/C15H18ClN3O3/c16-9-5-12-13(22-7-15(21)19-12)6-11(9)18-14(20)4-8-2-1-3-10(8)17/h5-6,8,10H,1-4,7,17H2,(H,18,20)(H,19,21)/t8-,10+/m0/s1. The lowest BCUT2D eigenvalue weighted by Gasteiger charge is -2.20. The Morgan fingerprint density at radius 3 is 3.00 bits per heavy atom. The van der Waals surface area contributed by atoms with Gasteiger partial charge in [0.05, 0.1) is 16.4 Å². The maximum atomic E-state index is 12.2. The third kappa shape index (κ3) is 3.18. The minimum atomic E-state index is -0.226. The average molecular weight is 324 g/mol. The summed E-state index contributed by atoms with van der Waals surface area (Å²) in [6, 6.07) is 3.30. The molecular weight excluding hydrogens is 306 g/mol. The number of fused-ring (bicyclic) bond motifs is 1. The lowest BCUT2D eigenvalue weighted by molar-refractivity contribution is -0.119. The quantitative estimate of drug-likeness (QED) is 0.794. The van der Waals surface area contributed by atoms with Crippen LogP contribution in [0.5, 0.6) is 5.75 Å². The van der Waals surface area contributed by atoms with E-state index in [0.29, 0.717) is 28.6 Å². The van der Waals surface area contributed by atoms with Crippen molar-refractivity contribution in [2.24, 2.45) is 11.7 Å². The highest BCUT2D eigenvalue weighted by Crippen LogP contribution is 2.36. The molecule has 2 amide bonds. The van der Waals surface area contributed by atoms with Crippen LogP contribution in [0, 0.1) is 5.92 Å². The second kappa shape index (κ2) is 6.14. The number of carbonyl (C=O) groups is 2. The zero-order valence-electron chi connectivity index (χ0n) is 12.0. The van der Waals surface area contributed by atoms with Gasteiger partial charge in [-0.1, -0.05) is 18.0 Å². The first kappa shape index (κ1) is 15.1. The van der Waals surface area contributed by atoms with Crippen LogP contribution in [0.25, 0.3) is 0 Å². The minimum Gasteiger partial charge on any atom is -0.482 e. The van der Waals surface area contributed by atoms with Gasteiger partial charge >= 0.3 is 0 Å². The summed E-state index contributed by atoms with van der Waals surface area (Å²) >= 11 is 6.15. The van der Waals surface area contributed by atoms with Gasteiger partial charge in [-0.25, -0.2) is 0 Å². The number of nitrogens with two attached hydrogens (primary N) is 1. The first-order valence-electron chi connectivity index (χ1n) is 7.34. The molecule has 3 rings (SSSR count). The first-order chi connectivity index (χ1) is 10.5. The SMILES string of the molecule is N[C@@H]1CCC[C@H]1CC(=O)Nc1cc2c(cc1Cl)NC(=O)CO2. The van der Waals surface area contributed by atoms with Gasteiger partial charge in [0.1, 0.15) is 5.75 Å². The highest BCUT2D eigenvalue weighted by atomic mass is 35.5. The fourth-order valence-corrected chi connectivity index (χ4v) is 3.17. The fourth-order valence-electron chi connectivity index (χ4n) is 2.95. The molecule has 0 bridgehead atoms. The third-order valence-corrected chi connectivity index (χ3v) is 4.45. The zero-order chi connectivity index (χ0) is 15.7. The Hall–Kier alpha value is -1.79. The average Bonchev–Trinajstić information content (AvgIpc) is 2.85. The third-order valence-electron chi connectivity index (χ3n) is 4.14. The van der Waals surface area contributed by atoms with E-state index in [4.69, 9.17) is 22.1 Å². The summed E-state index contributed by atoms with van der Waals surface area (Å²) < 4.78 is 5.32.